The minimum atomic E-state index is -1.33. The number of aliphatic carboxylic acids is 2. The smallest absolute Gasteiger partial charge is 0.338 e. The molecule has 0 unspecified atom stereocenters. The van der Waals surface area contributed by atoms with Gasteiger partial charge in [-0.3, -0.25) is 0 Å². The van der Waals surface area contributed by atoms with Crippen LogP contribution in [0.4, 0.5) is 0 Å². The summed E-state index contributed by atoms with van der Waals surface area (Å²) >= 11 is 1.16. The molecule has 1 aromatic carbocycles. The Kier molecular flexibility index (Phi) is 3.43. The van der Waals surface area contributed by atoms with E-state index < -0.39 is 11.9 Å². The maximum absolute atomic E-state index is 11.6. The zero-order valence-electron chi connectivity index (χ0n) is 10.9. The van der Waals surface area contributed by atoms with Crippen LogP contribution in [-0.4, -0.2) is 32.5 Å². The van der Waals surface area contributed by atoms with E-state index in [9.17, 15) is 19.8 Å². The van der Waals surface area contributed by atoms with E-state index >= 15 is 0 Å². The van der Waals surface area contributed by atoms with E-state index in [-0.39, 0.29) is 16.7 Å². The van der Waals surface area contributed by atoms with Gasteiger partial charge in [-0.1, -0.05) is 12.1 Å². The van der Waals surface area contributed by atoms with Crippen molar-refractivity contribution in [2.24, 2.45) is 0 Å². The molecule has 8 heteroatoms. The van der Waals surface area contributed by atoms with Crippen molar-refractivity contribution in [2.45, 2.75) is 0 Å². The van der Waals surface area contributed by atoms with Gasteiger partial charge in [-0.25, -0.2) is 14.2 Å². The molecule has 3 aromatic rings. The molecule has 0 saturated carbocycles. The lowest BCUT2D eigenvalue weighted by Crippen LogP contribution is -2.09. The third-order valence-electron chi connectivity index (χ3n) is 2.99. The van der Waals surface area contributed by atoms with Gasteiger partial charge < -0.3 is 10.2 Å². The molecule has 3 rings (SSSR count). The molecule has 0 atom stereocenters. The van der Waals surface area contributed by atoms with Crippen LogP contribution in [0.25, 0.3) is 22.2 Å². The van der Waals surface area contributed by atoms with Gasteiger partial charge in [0.05, 0.1) is 11.1 Å². The highest BCUT2D eigenvalue weighted by molar-refractivity contribution is 7.11. The number of carbonyl (C=O) groups is 2. The lowest BCUT2D eigenvalue weighted by atomic mass is 9.98. The minimum Gasteiger partial charge on any atom is -0.478 e. The number of nitrogens with zero attached hydrogens (tertiary/aromatic N) is 2. The summed E-state index contributed by atoms with van der Waals surface area (Å²) in [6, 6.07) is 7.66. The van der Waals surface area contributed by atoms with E-state index in [0.717, 1.165) is 11.3 Å². The molecule has 22 heavy (non-hydrogen) atoms. The third kappa shape index (κ3) is 2.35. The number of carboxylic acids is 2. The molecule has 0 aliphatic carbocycles. The van der Waals surface area contributed by atoms with Gasteiger partial charge in [-0.05, 0) is 39.5 Å². The predicted octanol–water partition coefficient (Wildman–Crippen LogP) is 2.36. The zero-order chi connectivity index (χ0) is 15.7. The normalized spacial score (nSPS) is 12.2. The summed E-state index contributed by atoms with van der Waals surface area (Å²) in [7, 11) is 0. The lowest BCUT2D eigenvalue weighted by molar-refractivity contribution is -0.132. The first-order chi connectivity index (χ1) is 10.6. The average molecular weight is 316 g/mol. The fourth-order valence-electron chi connectivity index (χ4n) is 2.07. The highest BCUT2D eigenvalue weighted by Crippen LogP contribution is 2.31. The fraction of sp³-hybridized carbons (Fsp3) is 0. The van der Waals surface area contributed by atoms with Crippen LogP contribution in [0.1, 0.15) is 10.4 Å². The van der Waals surface area contributed by atoms with E-state index in [1.54, 1.807) is 17.5 Å². The Morgan fingerprint density at radius 2 is 1.73 bits per heavy atom. The molecule has 0 aliphatic heterocycles. The molecule has 0 saturated heterocycles. The second kappa shape index (κ2) is 5.41. The Labute approximate surface area is 127 Å². The molecule has 0 fully saturated rings. The Hall–Kier alpha value is -3.00. The first-order valence-electron chi connectivity index (χ1n) is 6.05. The molecule has 7 nitrogen and oxygen atoms in total. The molecule has 0 spiro atoms. The van der Waals surface area contributed by atoms with Gasteiger partial charge in [-0.2, -0.15) is 0 Å². The minimum absolute atomic E-state index is 0.224. The second-order valence-corrected chi connectivity index (χ2v) is 5.25. The van der Waals surface area contributed by atoms with Crippen molar-refractivity contribution < 1.29 is 24.4 Å². The van der Waals surface area contributed by atoms with Crippen LogP contribution in [0.15, 0.2) is 40.3 Å². The van der Waals surface area contributed by atoms with Crippen molar-refractivity contribution in [1.82, 2.24) is 10.3 Å². The molecule has 0 bridgehead atoms. The Balaban J connectivity index is 2.29. The van der Waals surface area contributed by atoms with Gasteiger partial charge in [0.25, 0.3) is 0 Å². The summed E-state index contributed by atoms with van der Waals surface area (Å²) in [5, 5.41) is 27.9. The summed E-state index contributed by atoms with van der Waals surface area (Å²) in [5.74, 6) is -2.64. The molecule has 2 aromatic heterocycles. The molecule has 2 heterocycles. The Bertz CT molecular complexity index is 895. The van der Waals surface area contributed by atoms with Crippen LogP contribution in [-0.2, 0) is 9.59 Å². The van der Waals surface area contributed by atoms with Crippen molar-refractivity contribution in [1.29, 1.82) is 0 Å². The van der Waals surface area contributed by atoms with Crippen LogP contribution >= 0.6 is 11.3 Å². The molecular formula is C14H8N2O5S. The van der Waals surface area contributed by atoms with Crippen LogP contribution in [0.5, 0.6) is 0 Å². The maximum Gasteiger partial charge on any atom is 0.338 e. The summed E-state index contributed by atoms with van der Waals surface area (Å²) in [6.07, 6.45) is 0. The highest BCUT2D eigenvalue weighted by Gasteiger charge is 2.24. The van der Waals surface area contributed by atoms with Crippen LogP contribution in [0.2, 0.25) is 0 Å². The van der Waals surface area contributed by atoms with E-state index in [1.807, 2.05) is 0 Å². The van der Waals surface area contributed by atoms with Crippen molar-refractivity contribution in [2.75, 3.05) is 0 Å². The van der Waals surface area contributed by atoms with Crippen molar-refractivity contribution >= 4 is 45.5 Å². The summed E-state index contributed by atoms with van der Waals surface area (Å²) in [4.78, 5) is 23.6. The number of rotatable bonds is 4. The summed E-state index contributed by atoms with van der Waals surface area (Å²) in [6.45, 7) is 0. The lowest BCUT2D eigenvalue weighted by Gasteiger charge is -2.07. The van der Waals surface area contributed by atoms with Crippen molar-refractivity contribution in [3.8, 4) is 0 Å². The average Bonchev–Trinajstić information content (AvgIpc) is 3.14. The third-order valence-corrected chi connectivity index (χ3v) is 3.88. The summed E-state index contributed by atoms with van der Waals surface area (Å²) < 4.78 is 4.56. The molecule has 110 valence electrons. The van der Waals surface area contributed by atoms with E-state index in [2.05, 4.69) is 14.9 Å². The van der Waals surface area contributed by atoms with E-state index in [4.69, 9.17) is 0 Å². The largest absolute Gasteiger partial charge is 0.478 e. The van der Waals surface area contributed by atoms with Crippen molar-refractivity contribution in [3.05, 3.63) is 46.2 Å². The second-order valence-electron chi connectivity index (χ2n) is 4.31. The Morgan fingerprint density at radius 3 is 2.36 bits per heavy atom. The summed E-state index contributed by atoms with van der Waals surface area (Å²) in [5.41, 5.74) is 0.466. The van der Waals surface area contributed by atoms with Crippen LogP contribution in [0, 0.1) is 0 Å². The van der Waals surface area contributed by atoms with Gasteiger partial charge in [0, 0.05) is 4.88 Å². The maximum atomic E-state index is 11.6. The van der Waals surface area contributed by atoms with E-state index in [0.29, 0.717) is 15.9 Å². The predicted molar refractivity (Wildman–Crippen MR) is 78.2 cm³/mol. The van der Waals surface area contributed by atoms with Crippen molar-refractivity contribution in [3.63, 3.8) is 0 Å². The monoisotopic (exact) mass is 316 g/mol. The Morgan fingerprint density at radius 1 is 1.00 bits per heavy atom. The van der Waals surface area contributed by atoms with Gasteiger partial charge in [0.2, 0.25) is 0 Å². The van der Waals surface area contributed by atoms with Crippen LogP contribution < -0.4 is 0 Å². The molecule has 2 N–H and O–H groups in total. The fourth-order valence-corrected chi connectivity index (χ4v) is 2.84. The number of aromatic nitrogens is 2. The number of carboxylic acid groups (broad SMARTS) is 2. The van der Waals surface area contributed by atoms with Gasteiger partial charge >= 0.3 is 11.9 Å². The number of thiophene rings is 1. The number of benzene rings is 1. The number of hydrogen-bond acceptors (Lipinski definition) is 6. The van der Waals surface area contributed by atoms with Gasteiger partial charge in [-0.15, -0.1) is 11.3 Å². The van der Waals surface area contributed by atoms with Gasteiger partial charge in [0.1, 0.15) is 11.0 Å². The molecule has 0 radical (unpaired) electrons. The molecule has 0 aliphatic rings. The SMILES string of the molecule is O=C(O)C(=C(C(=O)O)c1cccs1)c1ccc2nonc2c1. The van der Waals surface area contributed by atoms with Gasteiger partial charge in [0.15, 0.2) is 0 Å². The highest BCUT2D eigenvalue weighted by atomic mass is 32.1. The first kappa shape index (κ1) is 14.0. The number of hydrogen-bond donors (Lipinski definition) is 2. The topological polar surface area (TPSA) is 114 Å². The first-order valence-corrected chi connectivity index (χ1v) is 6.93. The molecule has 0 amide bonds. The number of fused-ring (bicyclic) bond motifs is 1. The van der Waals surface area contributed by atoms with Crippen LogP contribution in [0.3, 0.4) is 0 Å². The zero-order valence-corrected chi connectivity index (χ0v) is 11.7. The standard InChI is InChI=1S/C14H8N2O5S/c17-13(18)11(12(14(19)20)10-2-1-5-22-10)7-3-4-8-9(6-7)16-21-15-8/h1-6H,(H,17,18)(H,19,20). The quantitative estimate of drug-likeness (QED) is 0.710. The molecular weight excluding hydrogens is 308 g/mol. The van der Waals surface area contributed by atoms with E-state index in [1.165, 1.54) is 18.2 Å².